The maximum atomic E-state index is 5.56. The van der Waals surface area contributed by atoms with Crippen molar-refractivity contribution in [1.82, 2.24) is 10.3 Å². The smallest absolute Gasteiger partial charge is 0.114 e. The SMILES string of the molecule is CNC(C)(C)c1ncc(N)s1. The van der Waals surface area contributed by atoms with Gasteiger partial charge in [0.25, 0.3) is 0 Å². The molecule has 0 bridgehead atoms. The zero-order valence-corrected chi connectivity index (χ0v) is 7.83. The first-order valence-electron chi connectivity index (χ1n) is 3.47. The van der Waals surface area contributed by atoms with E-state index in [9.17, 15) is 0 Å². The number of anilines is 1. The number of aromatic nitrogens is 1. The van der Waals surface area contributed by atoms with Gasteiger partial charge in [-0.3, -0.25) is 0 Å². The van der Waals surface area contributed by atoms with E-state index in [-0.39, 0.29) is 5.54 Å². The lowest BCUT2D eigenvalue weighted by Gasteiger charge is -2.20. The van der Waals surface area contributed by atoms with E-state index in [4.69, 9.17) is 5.73 Å². The molecule has 1 aromatic heterocycles. The van der Waals surface area contributed by atoms with E-state index < -0.39 is 0 Å². The number of nitrogens with one attached hydrogen (secondary N) is 1. The highest BCUT2D eigenvalue weighted by atomic mass is 32.1. The normalized spacial score (nSPS) is 11.9. The van der Waals surface area contributed by atoms with Crippen LogP contribution in [0.2, 0.25) is 0 Å². The molecule has 4 heteroatoms. The number of nitrogens with zero attached hydrogens (tertiary/aromatic N) is 1. The molecule has 0 aliphatic carbocycles. The van der Waals surface area contributed by atoms with E-state index in [0.29, 0.717) is 0 Å². The molecule has 0 fully saturated rings. The second-order valence-electron chi connectivity index (χ2n) is 2.94. The molecule has 11 heavy (non-hydrogen) atoms. The van der Waals surface area contributed by atoms with Gasteiger partial charge >= 0.3 is 0 Å². The Morgan fingerprint density at radius 2 is 2.27 bits per heavy atom. The molecule has 0 saturated heterocycles. The number of nitrogen functional groups attached to an aromatic ring is 1. The Hall–Kier alpha value is -0.610. The Balaban J connectivity index is 2.92. The molecule has 0 aliphatic heterocycles. The molecular formula is C7H13N3S. The van der Waals surface area contributed by atoms with Crippen LogP contribution in [0.4, 0.5) is 5.00 Å². The van der Waals surface area contributed by atoms with Crippen LogP contribution in [0.5, 0.6) is 0 Å². The van der Waals surface area contributed by atoms with Gasteiger partial charge in [-0.1, -0.05) is 11.3 Å². The van der Waals surface area contributed by atoms with Gasteiger partial charge in [0.05, 0.1) is 11.7 Å². The van der Waals surface area contributed by atoms with E-state index >= 15 is 0 Å². The number of nitrogens with two attached hydrogens (primary N) is 1. The molecule has 1 aromatic rings. The fourth-order valence-electron chi connectivity index (χ4n) is 0.682. The summed E-state index contributed by atoms with van der Waals surface area (Å²) in [5.74, 6) is 0. The molecule has 62 valence electrons. The van der Waals surface area contributed by atoms with Gasteiger partial charge in [0, 0.05) is 0 Å². The Labute approximate surface area is 70.6 Å². The third-order valence-corrected chi connectivity index (χ3v) is 2.83. The van der Waals surface area contributed by atoms with Gasteiger partial charge in [-0.2, -0.15) is 0 Å². The second kappa shape index (κ2) is 2.79. The summed E-state index contributed by atoms with van der Waals surface area (Å²) in [6.45, 7) is 4.15. The summed E-state index contributed by atoms with van der Waals surface area (Å²) < 4.78 is 0. The molecule has 0 aliphatic rings. The van der Waals surface area contributed by atoms with Crippen LogP contribution in [-0.4, -0.2) is 12.0 Å². The zero-order valence-electron chi connectivity index (χ0n) is 7.01. The monoisotopic (exact) mass is 171 g/mol. The highest BCUT2D eigenvalue weighted by Crippen LogP contribution is 2.25. The minimum atomic E-state index is -0.0672. The average molecular weight is 171 g/mol. The van der Waals surface area contributed by atoms with Crippen molar-refractivity contribution in [3.8, 4) is 0 Å². The standard InChI is InChI=1S/C7H13N3S/c1-7(2,9-3)6-10-4-5(8)11-6/h4,9H,8H2,1-3H3. The van der Waals surface area contributed by atoms with Crippen molar-refractivity contribution in [2.75, 3.05) is 12.8 Å². The van der Waals surface area contributed by atoms with Crippen LogP contribution in [0, 0.1) is 0 Å². The van der Waals surface area contributed by atoms with Gasteiger partial charge in [-0.25, -0.2) is 4.98 Å². The van der Waals surface area contributed by atoms with Crippen molar-refractivity contribution in [2.45, 2.75) is 19.4 Å². The Morgan fingerprint density at radius 3 is 2.64 bits per heavy atom. The van der Waals surface area contributed by atoms with Gasteiger partial charge < -0.3 is 11.1 Å². The Bertz CT molecular complexity index is 242. The van der Waals surface area contributed by atoms with Crippen molar-refractivity contribution in [2.24, 2.45) is 0 Å². The van der Waals surface area contributed by atoms with E-state index in [1.165, 1.54) is 11.3 Å². The predicted octanol–water partition coefficient (Wildman–Crippen LogP) is 1.18. The highest BCUT2D eigenvalue weighted by molar-refractivity contribution is 7.15. The van der Waals surface area contributed by atoms with Crippen LogP contribution >= 0.6 is 11.3 Å². The van der Waals surface area contributed by atoms with Crippen LogP contribution in [0.15, 0.2) is 6.20 Å². The molecule has 0 radical (unpaired) electrons. The largest absolute Gasteiger partial charge is 0.389 e. The van der Waals surface area contributed by atoms with Gasteiger partial charge in [0.15, 0.2) is 0 Å². The summed E-state index contributed by atoms with van der Waals surface area (Å²) in [5.41, 5.74) is 5.49. The van der Waals surface area contributed by atoms with E-state index in [1.54, 1.807) is 6.20 Å². The number of hydrogen-bond donors (Lipinski definition) is 2. The molecule has 0 saturated carbocycles. The Kier molecular flexibility index (Phi) is 2.15. The van der Waals surface area contributed by atoms with Crippen LogP contribution < -0.4 is 11.1 Å². The number of rotatable bonds is 2. The van der Waals surface area contributed by atoms with Gasteiger partial charge in [-0.15, -0.1) is 0 Å². The third kappa shape index (κ3) is 1.70. The summed E-state index contributed by atoms with van der Waals surface area (Å²) in [7, 11) is 1.91. The van der Waals surface area contributed by atoms with Crippen LogP contribution in [-0.2, 0) is 5.54 Å². The molecule has 0 spiro atoms. The summed E-state index contributed by atoms with van der Waals surface area (Å²) >= 11 is 1.52. The second-order valence-corrected chi connectivity index (χ2v) is 4.01. The first-order chi connectivity index (χ1) is 5.06. The molecule has 0 atom stereocenters. The quantitative estimate of drug-likeness (QED) is 0.702. The fraction of sp³-hybridized carbons (Fsp3) is 0.571. The van der Waals surface area contributed by atoms with E-state index in [0.717, 1.165) is 10.0 Å². The summed E-state index contributed by atoms with van der Waals surface area (Å²) in [6, 6.07) is 0. The summed E-state index contributed by atoms with van der Waals surface area (Å²) in [5, 5.41) is 4.96. The number of thiazole rings is 1. The molecule has 0 amide bonds. The number of hydrogen-bond acceptors (Lipinski definition) is 4. The molecule has 3 N–H and O–H groups in total. The van der Waals surface area contributed by atoms with Crippen LogP contribution in [0.1, 0.15) is 18.9 Å². The molecule has 3 nitrogen and oxygen atoms in total. The van der Waals surface area contributed by atoms with Crippen LogP contribution in [0.3, 0.4) is 0 Å². The minimum absolute atomic E-state index is 0.0672. The van der Waals surface area contributed by atoms with Crippen molar-refractivity contribution >= 4 is 16.3 Å². The lowest BCUT2D eigenvalue weighted by atomic mass is 10.1. The predicted molar refractivity (Wildman–Crippen MR) is 48.6 cm³/mol. The van der Waals surface area contributed by atoms with E-state index in [1.807, 2.05) is 7.05 Å². The molecule has 1 rings (SSSR count). The van der Waals surface area contributed by atoms with E-state index in [2.05, 4.69) is 24.1 Å². The topological polar surface area (TPSA) is 50.9 Å². The molecular weight excluding hydrogens is 158 g/mol. The first-order valence-corrected chi connectivity index (χ1v) is 4.28. The lowest BCUT2D eigenvalue weighted by molar-refractivity contribution is 0.442. The average Bonchev–Trinajstić information content (AvgIpc) is 2.36. The lowest BCUT2D eigenvalue weighted by Crippen LogP contribution is -2.32. The summed E-state index contributed by atoms with van der Waals surface area (Å²) in [4.78, 5) is 4.19. The van der Waals surface area contributed by atoms with Crippen molar-refractivity contribution in [1.29, 1.82) is 0 Å². The van der Waals surface area contributed by atoms with Gasteiger partial charge in [0.1, 0.15) is 10.0 Å². The maximum absolute atomic E-state index is 5.56. The van der Waals surface area contributed by atoms with Crippen molar-refractivity contribution in [3.63, 3.8) is 0 Å². The minimum Gasteiger partial charge on any atom is -0.389 e. The third-order valence-electron chi connectivity index (χ3n) is 1.68. The fourth-order valence-corrected chi connectivity index (χ4v) is 1.47. The summed E-state index contributed by atoms with van der Waals surface area (Å²) in [6.07, 6.45) is 1.69. The molecule has 1 heterocycles. The van der Waals surface area contributed by atoms with Crippen LogP contribution in [0.25, 0.3) is 0 Å². The zero-order chi connectivity index (χ0) is 8.48. The highest BCUT2D eigenvalue weighted by Gasteiger charge is 2.20. The van der Waals surface area contributed by atoms with Crippen molar-refractivity contribution < 1.29 is 0 Å². The Morgan fingerprint density at radius 1 is 1.64 bits per heavy atom. The maximum Gasteiger partial charge on any atom is 0.114 e. The first kappa shape index (κ1) is 8.49. The molecule has 0 unspecified atom stereocenters. The van der Waals surface area contributed by atoms with Gasteiger partial charge in [0.2, 0.25) is 0 Å². The molecule has 0 aromatic carbocycles. The van der Waals surface area contributed by atoms with Gasteiger partial charge in [-0.05, 0) is 20.9 Å². The van der Waals surface area contributed by atoms with Crippen molar-refractivity contribution in [3.05, 3.63) is 11.2 Å².